The van der Waals surface area contributed by atoms with Crippen molar-refractivity contribution >= 4 is 5.97 Å². The van der Waals surface area contributed by atoms with Gasteiger partial charge in [0.2, 0.25) is 0 Å². The molecular formula is C33H36F2N2O4. The molecule has 3 aromatic rings. The smallest absolute Gasteiger partial charge is 0.310 e. The Labute approximate surface area is 240 Å². The number of ether oxygens (including phenoxy) is 3. The van der Waals surface area contributed by atoms with Gasteiger partial charge in [0.1, 0.15) is 17.0 Å². The van der Waals surface area contributed by atoms with Gasteiger partial charge in [-0.15, -0.1) is 0 Å². The first-order valence-electron chi connectivity index (χ1n) is 14.0. The molecule has 0 atom stereocenters. The largest absolute Gasteiger partial charge is 0.493 e. The van der Waals surface area contributed by atoms with Crippen LogP contribution in [0.5, 0.6) is 11.5 Å². The van der Waals surface area contributed by atoms with E-state index in [9.17, 15) is 18.8 Å². The van der Waals surface area contributed by atoms with E-state index < -0.39 is 5.41 Å². The Morgan fingerprint density at radius 3 is 2.12 bits per heavy atom. The number of hydrogen-bond donors (Lipinski definition) is 0. The van der Waals surface area contributed by atoms with Gasteiger partial charge in [0.15, 0.2) is 11.5 Å². The van der Waals surface area contributed by atoms with E-state index in [0.29, 0.717) is 24.7 Å². The molecule has 0 unspecified atom stereocenters. The summed E-state index contributed by atoms with van der Waals surface area (Å²) in [6.07, 6.45) is 2.53. The van der Waals surface area contributed by atoms with Gasteiger partial charge < -0.3 is 19.1 Å². The van der Waals surface area contributed by atoms with Crippen molar-refractivity contribution in [2.24, 2.45) is 5.92 Å². The molecule has 4 rings (SSSR count). The van der Waals surface area contributed by atoms with Crippen LogP contribution in [0, 0.1) is 28.9 Å². The summed E-state index contributed by atoms with van der Waals surface area (Å²) in [6.45, 7) is 5.07. The molecule has 8 heteroatoms. The van der Waals surface area contributed by atoms with Crippen molar-refractivity contribution in [2.45, 2.75) is 38.0 Å². The summed E-state index contributed by atoms with van der Waals surface area (Å²) in [6, 6.07) is 20.2. The van der Waals surface area contributed by atoms with E-state index in [0.717, 1.165) is 55.6 Å². The molecule has 1 fully saturated rings. The number of carbonyl (C=O) groups excluding carboxylic acids is 1. The number of hydrogen-bond acceptors (Lipinski definition) is 6. The Morgan fingerprint density at radius 2 is 1.59 bits per heavy atom. The third kappa shape index (κ3) is 7.22. The van der Waals surface area contributed by atoms with Crippen LogP contribution in [-0.2, 0) is 21.4 Å². The van der Waals surface area contributed by atoms with Gasteiger partial charge in [-0.3, -0.25) is 4.79 Å². The fourth-order valence-electron chi connectivity index (χ4n) is 5.66. The minimum absolute atomic E-state index is 0.00620. The molecule has 1 aliphatic rings. The lowest BCUT2D eigenvalue weighted by atomic mass is 9.63. The quantitative estimate of drug-likeness (QED) is 0.197. The zero-order valence-corrected chi connectivity index (χ0v) is 23.6. The number of rotatable bonds is 12. The molecule has 41 heavy (non-hydrogen) atoms. The summed E-state index contributed by atoms with van der Waals surface area (Å²) >= 11 is 0. The highest BCUT2D eigenvalue weighted by atomic mass is 19.1. The Morgan fingerprint density at radius 1 is 0.976 bits per heavy atom. The molecule has 0 saturated carbocycles. The first kappa shape index (κ1) is 30.0. The predicted molar refractivity (Wildman–Crippen MR) is 152 cm³/mol. The number of esters is 1. The fourth-order valence-corrected chi connectivity index (χ4v) is 5.66. The Hall–Kier alpha value is -3.96. The maximum absolute atomic E-state index is 13.7. The van der Waals surface area contributed by atoms with Crippen molar-refractivity contribution in [3.8, 4) is 17.6 Å². The molecule has 6 nitrogen and oxygen atoms in total. The molecule has 0 aromatic heterocycles. The van der Waals surface area contributed by atoms with E-state index in [4.69, 9.17) is 14.2 Å². The molecule has 1 saturated heterocycles. The van der Waals surface area contributed by atoms with Crippen molar-refractivity contribution in [1.82, 2.24) is 4.90 Å². The molecule has 0 amide bonds. The second-order valence-corrected chi connectivity index (χ2v) is 10.2. The van der Waals surface area contributed by atoms with Crippen molar-refractivity contribution in [3.63, 3.8) is 0 Å². The zero-order valence-electron chi connectivity index (χ0n) is 23.6. The highest BCUT2D eigenvalue weighted by Crippen LogP contribution is 2.44. The lowest BCUT2D eigenvalue weighted by molar-refractivity contribution is -0.142. The number of piperidine rings is 1. The average molecular weight is 563 g/mol. The molecule has 0 N–H and O–H groups in total. The highest BCUT2D eigenvalue weighted by Gasteiger charge is 2.43. The lowest BCUT2D eigenvalue weighted by Crippen LogP contribution is -2.44. The minimum Gasteiger partial charge on any atom is -0.493 e. The topological polar surface area (TPSA) is 71.8 Å². The molecule has 3 aromatic carbocycles. The van der Waals surface area contributed by atoms with Crippen LogP contribution >= 0.6 is 0 Å². The Kier molecular flexibility index (Phi) is 10.3. The summed E-state index contributed by atoms with van der Waals surface area (Å²) in [4.78, 5) is 14.1. The van der Waals surface area contributed by atoms with Gasteiger partial charge in [0.25, 0.3) is 0 Å². The minimum atomic E-state index is -0.993. The van der Waals surface area contributed by atoms with Gasteiger partial charge in [-0.2, -0.15) is 5.26 Å². The first-order valence-corrected chi connectivity index (χ1v) is 14.0. The van der Waals surface area contributed by atoms with Crippen LogP contribution in [0.1, 0.15) is 42.9 Å². The van der Waals surface area contributed by atoms with E-state index in [2.05, 4.69) is 11.0 Å². The summed E-state index contributed by atoms with van der Waals surface area (Å²) in [5.74, 6) is 0.185. The number of nitrogens with zero attached hydrogens (tertiary/aromatic N) is 2. The third-order valence-electron chi connectivity index (χ3n) is 7.73. The normalized spacial score (nSPS) is 14.3. The summed E-state index contributed by atoms with van der Waals surface area (Å²) in [7, 11) is 1.57. The number of halogens is 2. The molecule has 0 radical (unpaired) electrons. The average Bonchev–Trinajstić information content (AvgIpc) is 2.99. The SMILES string of the molecule is CCOC(=O)Cc1ccc(OCCCN2CCC(C(C#N)(c3ccc(F)cc3)c3ccc(F)cc3)CC2)c(OC)c1. The van der Waals surface area contributed by atoms with Crippen LogP contribution in [0.15, 0.2) is 66.7 Å². The molecule has 1 aliphatic heterocycles. The second kappa shape index (κ2) is 14.1. The number of carbonyl (C=O) groups is 1. The van der Waals surface area contributed by atoms with Gasteiger partial charge in [-0.25, -0.2) is 8.78 Å². The Balaban J connectivity index is 1.34. The van der Waals surface area contributed by atoms with Crippen LogP contribution in [-0.4, -0.2) is 50.8 Å². The second-order valence-electron chi connectivity index (χ2n) is 10.2. The van der Waals surface area contributed by atoms with Crippen LogP contribution < -0.4 is 9.47 Å². The van der Waals surface area contributed by atoms with Crippen LogP contribution in [0.25, 0.3) is 0 Å². The maximum Gasteiger partial charge on any atom is 0.310 e. The highest BCUT2D eigenvalue weighted by molar-refractivity contribution is 5.73. The molecule has 0 aliphatic carbocycles. The van der Waals surface area contributed by atoms with Crippen molar-refractivity contribution < 1.29 is 27.8 Å². The molecule has 1 heterocycles. The van der Waals surface area contributed by atoms with E-state index in [1.807, 2.05) is 12.1 Å². The number of nitriles is 1. The molecular weight excluding hydrogens is 526 g/mol. The van der Waals surface area contributed by atoms with Crippen molar-refractivity contribution in [1.29, 1.82) is 5.26 Å². The third-order valence-corrected chi connectivity index (χ3v) is 7.73. The monoisotopic (exact) mass is 562 g/mol. The fraction of sp³-hybridized carbons (Fsp3) is 0.394. The molecule has 216 valence electrons. The van der Waals surface area contributed by atoms with Crippen LogP contribution in [0.3, 0.4) is 0 Å². The molecule has 0 spiro atoms. The van der Waals surface area contributed by atoms with E-state index >= 15 is 0 Å². The van der Waals surface area contributed by atoms with E-state index in [1.54, 1.807) is 44.4 Å². The lowest BCUT2D eigenvalue weighted by Gasteiger charge is -2.41. The van der Waals surface area contributed by atoms with Crippen molar-refractivity contribution in [3.05, 3.63) is 95.1 Å². The predicted octanol–water partition coefficient (Wildman–Crippen LogP) is 6.07. The number of methoxy groups -OCH3 is 1. The van der Waals surface area contributed by atoms with E-state index in [-0.39, 0.29) is 29.9 Å². The summed E-state index contributed by atoms with van der Waals surface area (Å²) < 4.78 is 43.9. The van der Waals surface area contributed by atoms with Gasteiger partial charge in [0.05, 0.1) is 32.8 Å². The first-order chi connectivity index (χ1) is 19.9. The van der Waals surface area contributed by atoms with Gasteiger partial charge >= 0.3 is 5.97 Å². The van der Waals surface area contributed by atoms with Crippen LogP contribution in [0.2, 0.25) is 0 Å². The molecule has 0 bridgehead atoms. The van der Waals surface area contributed by atoms with Gasteiger partial charge in [-0.05, 0) is 98.3 Å². The number of benzene rings is 3. The maximum atomic E-state index is 13.7. The zero-order chi connectivity index (χ0) is 29.2. The standard InChI is InChI=1S/C33H36F2N2O4/c1-3-40-32(38)22-24-5-14-30(31(21-24)39-2)41-20-4-17-37-18-15-27(16-19-37)33(23-36,25-6-10-28(34)11-7-25)26-8-12-29(35)13-9-26/h5-14,21,27H,3-4,15-20,22H2,1-2H3. The van der Waals surface area contributed by atoms with Crippen molar-refractivity contribution in [2.75, 3.05) is 40.0 Å². The summed E-state index contributed by atoms with van der Waals surface area (Å²) in [5.41, 5.74) is 1.25. The Bertz CT molecular complexity index is 1290. The van der Waals surface area contributed by atoms with Crippen LogP contribution in [0.4, 0.5) is 8.78 Å². The van der Waals surface area contributed by atoms with Gasteiger partial charge in [-0.1, -0.05) is 30.3 Å². The number of likely N-dealkylation sites (tertiary alicyclic amines) is 1. The summed E-state index contributed by atoms with van der Waals surface area (Å²) in [5, 5.41) is 10.5. The van der Waals surface area contributed by atoms with Gasteiger partial charge in [0, 0.05) is 6.54 Å². The van der Waals surface area contributed by atoms with E-state index in [1.165, 1.54) is 24.3 Å².